The van der Waals surface area contributed by atoms with Crippen molar-refractivity contribution < 1.29 is 17.9 Å². The van der Waals surface area contributed by atoms with Crippen LogP contribution in [0.3, 0.4) is 0 Å². The van der Waals surface area contributed by atoms with Gasteiger partial charge >= 0.3 is 0 Å². The largest absolute Gasteiger partial charge is 0.495 e. The van der Waals surface area contributed by atoms with Gasteiger partial charge in [0.1, 0.15) is 10.6 Å². The van der Waals surface area contributed by atoms with Gasteiger partial charge in [-0.05, 0) is 61.4 Å². The highest BCUT2D eigenvalue weighted by molar-refractivity contribution is 7.89. The Balaban J connectivity index is 1.85. The first-order chi connectivity index (χ1) is 14.7. The maximum atomic E-state index is 12.9. The lowest BCUT2D eigenvalue weighted by Crippen LogP contribution is -2.24. The van der Waals surface area contributed by atoms with E-state index in [4.69, 9.17) is 16.3 Å². The highest BCUT2D eigenvalue weighted by Crippen LogP contribution is 2.26. The van der Waals surface area contributed by atoms with Crippen LogP contribution in [0.4, 0.5) is 5.69 Å². The van der Waals surface area contributed by atoms with Crippen LogP contribution < -0.4 is 14.8 Å². The molecule has 6 nitrogen and oxygen atoms in total. The highest BCUT2D eigenvalue weighted by Gasteiger charge is 2.22. The minimum Gasteiger partial charge on any atom is -0.495 e. The topological polar surface area (TPSA) is 84.5 Å². The number of halogens is 1. The van der Waals surface area contributed by atoms with Gasteiger partial charge in [0.05, 0.1) is 7.11 Å². The summed E-state index contributed by atoms with van der Waals surface area (Å²) in [5.74, 6) is -0.268. The maximum Gasteiger partial charge on any atom is 0.255 e. The molecule has 0 unspecified atom stereocenters. The number of anilines is 1. The summed E-state index contributed by atoms with van der Waals surface area (Å²) in [5, 5.41) is 3.39. The minimum atomic E-state index is -3.94. The normalized spacial score (nSPS) is 11.2. The van der Waals surface area contributed by atoms with E-state index < -0.39 is 15.9 Å². The SMILES string of the molecule is COc1ccc(C(=O)Nc2ccc(C)cc2C)cc1S(=O)(=O)NCc1ccc(Cl)cc1. The van der Waals surface area contributed by atoms with Gasteiger partial charge in [-0.25, -0.2) is 13.1 Å². The summed E-state index contributed by atoms with van der Waals surface area (Å²) in [4.78, 5) is 12.6. The van der Waals surface area contributed by atoms with Crippen LogP contribution in [0.1, 0.15) is 27.0 Å². The molecule has 0 aliphatic carbocycles. The van der Waals surface area contributed by atoms with E-state index in [2.05, 4.69) is 10.0 Å². The summed E-state index contributed by atoms with van der Waals surface area (Å²) >= 11 is 5.87. The summed E-state index contributed by atoms with van der Waals surface area (Å²) < 4.78 is 33.6. The number of nitrogens with one attached hydrogen (secondary N) is 2. The van der Waals surface area contributed by atoms with E-state index in [1.807, 2.05) is 32.0 Å². The smallest absolute Gasteiger partial charge is 0.255 e. The number of hydrogen-bond acceptors (Lipinski definition) is 4. The lowest BCUT2D eigenvalue weighted by atomic mass is 10.1. The van der Waals surface area contributed by atoms with Crippen molar-refractivity contribution in [2.75, 3.05) is 12.4 Å². The molecule has 8 heteroatoms. The predicted octanol–water partition coefficient (Wildman–Crippen LogP) is 4.70. The number of methoxy groups -OCH3 is 1. The number of sulfonamides is 1. The first kappa shape index (κ1) is 22.8. The lowest BCUT2D eigenvalue weighted by Gasteiger charge is -2.13. The minimum absolute atomic E-state index is 0.0711. The van der Waals surface area contributed by atoms with Gasteiger partial charge in [0.2, 0.25) is 10.0 Å². The highest BCUT2D eigenvalue weighted by atomic mass is 35.5. The first-order valence-corrected chi connectivity index (χ1v) is 11.4. The molecule has 3 aromatic carbocycles. The van der Waals surface area contributed by atoms with Crippen molar-refractivity contribution in [1.82, 2.24) is 4.72 Å². The number of benzene rings is 3. The molecule has 0 saturated carbocycles. The van der Waals surface area contributed by atoms with E-state index in [1.54, 1.807) is 24.3 Å². The van der Waals surface area contributed by atoms with E-state index in [1.165, 1.54) is 25.3 Å². The summed E-state index contributed by atoms with van der Waals surface area (Å²) in [6, 6.07) is 16.8. The van der Waals surface area contributed by atoms with Crippen molar-refractivity contribution in [2.24, 2.45) is 0 Å². The van der Waals surface area contributed by atoms with Gasteiger partial charge in [-0.15, -0.1) is 0 Å². The third-order valence-corrected chi connectivity index (χ3v) is 6.40. The average Bonchev–Trinajstić information content (AvgIpc) is 2.75. The number of aryl methyl sites for hydroxylation is 2. The zero-order valence-electron chi connectivity index (χ0n) is 17.4. The van der Waals surface area contributed by atoms with Crippen molar-refractivity contribution in [2.45, 2.75) is 25.3 Å². The number of rotatable bonds is 7. The van der Waals surface area contributed by atoms with Crippen molar-refractivity contribution in [3.8, 4) is 5.75 Å². The summed E-state index contributed by atoms with van der Waals surface area (Å²) in [6.45, 7) is 3.94. The van der Waals surface area contributed by atoms with Crippen LogP contribution in [0, 0.1) is 13.8 Å². The van der Waals surface area contributed by atoms with E-state index in [0.29, 0.717) is 10.7 Å². The van der Waals surface area contributed by atoms with Crippen molar-refractivity contribution in [3.63, 3.8) is 0 Å². The molecule has 3 aromatic rings. The van der Waals surface area contributed by atoms with E-state index >= 15 is 0 Å². The van der Waals surface area contributed by atoms with E-state index in [0.717, 1.165) is 16.7 Å². The van der Waals surface area contributed by atoms with Gasteiger partial charge in [0, 0.05) is 22.8 Å². The Morgan fingerprint density at radius 1 is 1.00 bits per heavy atom. The Hall–Kier alpha value is -2.87. The second kappa shape index (κ2) is 9.51. The van der Waals surface area contributed by atoms with Crippen LogP contribution in [0.5, 0.6) is 5.75 Å². The van der Waals surface area contributed by atoms with Crippen LogP contribution in [0.25, 0.3) is 0 Å². The maximum absolute atomic E-state index is 12.9. The Kier molecular flexibility index (Phi) is 7.00. The molecular weight excluding hydrogens is 436 g/mol. The van der Waals surface area contributed by atoms with Gasteiger partial charge in [0.25, 0.3) is 5.91 Å². The van der Waals surface area contributed by atoms with Crippen molar-refractivity contribution in [3.05, 3.63) is 87.9 Å². The molecule has 31 heavy (non-hydrogen) atoms. The molecule has 0 atom stereocenters. The van der Waals surface area contributed by atoms with Crippen LogP contribution in [0.15, 0.2) is 65.6 Å². The Bertz CT molecular complexity index is 1210. The second-order valence-electron chi connectivity index (χ2n) is 7.09. The molecule has 162 valence electrons. The van der Waals surface area contributed by atoms with Gasteiger partial charge in [-0.3, -0.25) is 4.79 Å². The molecular formula is C23H23ClN2O4S. The Labute approximate surface area is 187 Å². The van der Waals surface area contributed by atoms with Crippen LogP contribution in [0.2, 0.25) is 5.02 Å². The predicted molar refractivity (Wildman–Crippen MR) is 122 cm³/mol. The van der Waals surface area contributed by atoms with Gasteiger partial charge in [-0.1, -0.05) is 41.4 Å². The fourth-order valence-electron chi connectivity index (χ4n) is 3.03. The zero-order valence-corrected chi connectivity index (χ0v) is 19.0. The summed E-state index contributed by atoms with van der Waals surface area (Å²) in [7, 11) is -2.56. The van der Waals surface area contributed by atoms with Crippen LogP contribution in [-0.2, 0) is 16.6 Å². The zero-order chi connectivity index (χ0) is 22.6. The molecule has 0 spiro atoms. The van der Waals surface area contributed by atoms with E-state index in [-0.39, 0.29) is 22.8 Å². The molecule has 0 heterocycles. The number of carbonyl (C=O) groups is 1. The van der Waals surface area contributed by atoms with E-state index in [9.17, 15) is 13.2 Å². The molecule has 0 bridgehead atoms. The summed E-state index contributed by atoms with van der Waals surface area (Å²) in [5.41, 5.74) is 3.61. The second-order valence-corrected chi connectivity index (χ2v) is 9.26. The summed E-state index contributed by atoms with van der Waals surface area (Å²) in [6.07, 6.45) is 0. The van der Waals surface area contributed by atoms with Crippen LogP contribution >= 0.6 is 11.6 Å². The van der Waals surface area contributed by atoms with Gasteiger partial charge in [0.15, 0.2) is 0 Å². The molecule has 3 rings (SSSR count). The molecule has 0 aliphatic rings. The standard InChI is InChI=1S/C23H23ClN2O4S/c1-15-4-10-20(16(2)12-15)26-23(27)18-7-11-21(30-3)22(13-18)31(28,29)25-14-17-5-8-19(24)9-6-17/h4-13,25H,14H2,1-3H3,(H,26,27). The molecule has 0 aromatic heterocycles. The lowest BCUT2D eigenvalue weighted by molar-refractivity contribution is 0.102. The third-order valence-electron chi connectivity index (χ3n) is 4.73. The molecule has 1 amide bonds. The van der Waals surface area contributed by atoms with Crippen molar-refractivity contribution in [1.29, 1.82) is 0 Å². The quantitative estimate of drug-likeness (QED) is 0.537. The third kappa shape index (κ3) is 5.64. The molecule has 0 saturated heterocycles. The number of ether oxygens (including phenoxy) is 1. The number of amides is 1. The number of hydrogen-bond donors (Lipinski definition) is 2. The fourth-order valence-corrected chi connectivity index (χ4v) is 4.37. The van der Waals surface area contributed by atoms with Crippen LogP contribution in [-0.4, -0.2) is 21.4 Å². The van der Waals surface area contributed by atoms with Gasteiger partial charge in [-0.2, -0.15) is 0 Å². The number of carbonyl (C=O) groups excluding carboxylic acids is 1. The Morgan fingerprint density at radius 2 is 1.71 bits per heavy atom. The van der Waals surface area contributed by atoms with Crippen molar-refractivity contribution >= 4 is 33.2 Å². The molecule has 0 radical (unpaired) electrons. The molecule has 2 N–H and O–H groups in total. The fraction of sp³-hybridized carbons (Fsp3) is 0.174. The molecule has 0 fully saturated rings. The first-order valence-electron chi connectivity index (χ1n) is 9.50. The average molecular weight is 459 g/mol. The monoisotopic (exact) mass is 458 g/mol. The van der Waals surface area contributed by atoms with Gasteiger partial charge < -0.3 is 10.1 Å². The molecule has 0 aliphatic heterocycles. The Morgan fingerprint density at radius 3 is 2.35 bits per heavy atom.